The Kier molecular flexibility index (Phi) is 5.26. The highest BCUT2D eigenvalue weighted by atomic mass is 32.1. The molecule has 88 valence electrons. The molecule has 3 heteroatoms. The van der Waals surface area contributed by atoms with E-state index in [2.05, 4.69) is 26.0 Å². The summed E-state index contributed by atoms with van der Waals surface area (Å²) in [6.07, 6.45) is 5.09. The molecule has 0 aliphatic carbocycles. The Hall–Kier alpha value is -1.09. The van der Waals surface area contributed by atoms with Crippen molar-refractivity contribution in [2.45, 2.75) is 39.5 Å². The van der Waals surface area contributed by atoms with Crippen LogP contribution < -0.4 is 0 Å². The third-order valence-electron chi connectivity index (χ3n) is 2.38. The summed E-state index contributed by atoms with van der Waals surface area (Å²) in [5, 5.41) is 8.65. The first-order chi connectivity index (χ1) is 7.67. The molecule has 0 unspecified atom stereocenters. The van der Waals surface area contributed by atoms with E-state index in [9.17, 15) is 4.79 Å². The Morgan fingerprint density at radius 1 is 1.44 bits per heavy atom. The maximum atomic E-state index is 10.5. The Labute approximate surface area is 101 Å². The van der Waals surface area contributed by atoms with Gasteiger partial charge in [-0.3, -0.25) is 4.79 Å². The standard InChI is InChI=1S/C13H18O2S/c1-3-5-11-7-8-12(16-11)10(4-2)6-9-13(14)15/h6-8H,3-5,9H2,1-2H3,(H,14,15)/b10-6+. The van der Waals surface area contributed by atoms with Gasteiger partial charge >= 0.3 is 5.97 Å². The van der Waals surface area contributed by atoms with E-state index >= 15 is 0 Å². The minimum atomic E-state index is -0.767. The number of thiophene rings is 1. The van der Waals surface area contributed by atoms with Crippen LogP contribution in [0.15, 0.2) is 18.2 Å². The van der Waals surface area contributed by atoms with Gasteiger partial charge < -0.3 is 5.11 Å². The van der Waals surface area contributed by atoms with E-state index in [0.717, 1.165) is 24.8 Å². The average Bonchev–Trinajstić information content (AvgIpc) is 2.68. The lowest BCUT2D eigenvalue weighted by atomic mass is 10.1. The molecule has 1 N–H and O–H groups in total. The Morgan fingerprint density at radius 2 is 2.19 bits per heavy atom. The van der Waals surface area contributed by atoms with Gasteiger partial charge in [-0.2, -0.15) is 0 Å². The van der Waals surface area contributed by atoms with E-state index in [1.807, 2.05) is 6.08 Å². The maximum Gasteiger partial charge on any atom is 0.307 e. The molecule has 0 radical (unpaired) electrons. The van der Waals surface area contributed by atoms with E-state index in [1.54, 1.807) is 11.3 Å². The number of hydrogen-bond donors (Lipinski definition) is 1. The second-order valence-electron chi connectivity index (χ2n) is 3.70. The molecule has 0 spiro atoms. The molecule has 0 aliphatic rings. The van der Waals surface area contributed by atoms with Gasteiger partial charge in [-0.15, -0.1) is 11.3 Å². The molecule has 0 aliphatic heterocycles. The summed E-state index contributed by atoms with van der Waals surface area (Å²) in [7, 11) is 0. The molecular weight excluding hydrogens is 220 g/mol. The lowest BCUT2D eigenvalue weighted by molar-refractivity contribution is -0.135. The first-order valence-electron chi connectivity index (χ1n) is 5.67. The van der Waals surface area contributed by atoms with Crippen molar-refractivity contribution in [2.24, 2.45) is 0 Å². The number of hydrogen-bond acceptors (Lipinski definition) is 2. The lowest BCUT2D eigenvalue weighted by Crippen LogP contribution is -1.91. The smallest absolute Gasteiger partial charge is 0.307 e. The van der Waals surface area contributed by atoms with E-state index in [0.29, 0.717) is 0 Å². The average molecular weight is 238 g/mol. The zero-order chi connectivity index (χ0) is 12.0. The summed E-state index contributed by atoms with van der Waals surface area (Å²) < 4.78 is 0. The van der Waals surface area contributed by atoms with Gasteiger partial charge in [0.1, 0.15) is 0 Å². The predicted molar refractivity (Wildman–Crippen MR) is 68.8 cm³/mol. The van der Waals surface area contributed by atoms with Crippen LogP contribution in [0.4, 0.5) is 0 Å². The molecule has 1 aromatic heterocycles. The molecule has 0 fully saturated rings. The van der Waals surface area contributed by atoms with E-state index in [4.69, 9.17) is 5.11 Å². The van der Waals surface area contributed by atoms with Gasteiger partial charge in [0.15, 0.2) is 0 Å². The van der Waals surface area contributed by atoms with Crippen molar-refractivity contribution in [3.63, 3.8) is 0 Å². The first kappa shape index (κ1) is 13.0. The van der Waals surface area contributed by atoms with Crippen LogP contribution in [0.3, 0.4) is 0 Å². The summed E-state index contributed by atoms with van der Waals surface area (Å²) in [5.74, 6) is -0.767. The minimum Gasteiger partial charge on any atom is -0.481 e. The topological polar surface area (TPSA) is 37.3 Å². The van der Waals surface area contributed by atoms with Crippen LogP contribution in [0, 0.1) is 0 Å². The van der Waals surface area contributed by atoms with Crippen molar-refractivity contribution >= 4 is 22.9 Å². The van der Waals surface area contributed by atoms with Gasteiger partial charge in [-0.05, 0) is 30.5 Å². The predicted octanol–water partition coefficient (Wildman–Crippen LogP) is 3.97. The largest absolute Gasteiger partial charge is 0.481 e. The van der Waals surface area contributed by atoms with Gasteiger partial charge in [0.05, 0.1) is 6.42 Å². The second kappa shape index (κ2) is 6.48. The normalized spacial score (nSPS) is 11.8. The van der Waals surface area contributed by atoms with Gasteiger partial charge in [-0.1, -0.05) is 26.3 Å². The number of carbonyl (C=O) groups is 1. The van der Waals surface area contributed by atoms with Crippen LogP contribution in [0.2, 0.25) is 0 Å². The van der Waals surface area contributed by atoms with Crippen molar-refractivity contribution in [2.75, 3.05) is 0 Å². The molecular formula is C13H18O2S. The summed E-state index contributed by atoms with van der Waals surface area (Å²) in [6, 6.07) is 4.25. The van der Waals surface area contributed by atoms with Crippen molar-refractivity contribution < 1.29 is 9.90 Å². The number of allylic oxidation sites excluding steroid dienone is 1. The van der Waals surface area contributed by atoms with E-state index < -0.39 is 5.97 Å². The highest BCUT2D eigenvalue weighted by molar-refractivity contribution is 7.13. The van der Waals surface area contributed by atoms with Crippen LogP contribution >= 0.6 is 11.3 Å². The summed E-state index contributed by atoms with van der Waals surface area (Å²) in [4.78, 5) is 13.1. The Bertz CT molecular complexity index is 377. The maximum absolute atomic E-state index is 10.5. The SMILES string of the molecule is CCCc1ccc(/C(=C/CC(=O)O)CC)s1. The molecule has 16 heavy (non-hydrogen) atoms. The quantitative estimate of drug-likeness (QED) is 0.814. The van der Waals surface area contributed by atoms with Crippen LogP contribution in [0.1, 0.15) is 42.9 Å². The highest BCUT2D eigenvalue weighted by Crippen LogP contribution is 2.27. The van der Waals surface area contributed by atoms with Crippen LogP contribution in [-0.2, 0) is 11.2 Å². The fraction of sp³-hybridized carbons (Fsp3) is 0.462. The van der Waals surface area contributed by atoms with Gasteiger partial charge in [0.25, 0.3) is 0 Å². The molecule has 1 rings (SSSR count). The second-order valence-corrected chi connectivity index (χ2v) is 4.87. The summed E-state index contributed by atoms with van der Waals surface area (Å²) in [5.41, 5.74) is 1.15. The zero-order valence-corrected chi connectivity index (χ0v) is 10.6. The number of carboxylic acid groups (broad SMARTS) is 1. The summed E-state index contributed by atoms with van der Waals surface area (Å²) >= 11 is 1.78. The minimum absolute atomic E-state index is 0.115. The third kappa shape index (κ3) is 3.81. The monoisotopic (exact) mass is 238 g/mol. The third-order valence-corrected chi connectivity index (χ3v) is 3.60. The van der Waals surface area contributed by atoms with Gasteiger partial charge in [-0.25, -0.2) is 0 Å². The molecule has 0 bridgehead atoms. The van der Waals surface area contributed by atoms with Crippen LogP contribution in [-0.4, -0.2) is 11.1 Å². The molecule has 0 amide bonds. The number of aliphatic carboxylic acids is 1. The molecule has 0 saturated carbocycles. The Balaban J connectivity index is 2.78. The number of carboxylic acids is 1. The molecule has 0 aromatic carbocycles. The van der Waals surface area contributed by atoms with Crippen molar-refractivity contribution in [3.8, 4) is 0 Å². The molecule has 2 nitrogen and oxygen atoms in total. The molecule has 1 aromatic rings. The summed E-state index contributed by atoms with van der Waals surface area (Å²) in [6.45, 7) is 4.23. The van der Waals surface area contributed by atoms with Crippen molar-refractivity contribution in [1.82, 2.24) is 0 Å². The number of aryl methyl sites for hydroxylation is 1. The zero-order valence-electron chi connectivity index (χ0n) is 9.82. The van der Waals surface area contributed by atoms with Gasteiger partial charge in [0.2, 0.25) is 0 Å². The molecule has 0 saturated heterocycles. The van der Waals surface area contributed by atoms with Gasteiger partial charge in [0, 0.05) is 9.75 Å². The number of rotatable bonds is 6. The molecule has 1 heterocycles. The van der Waals surface area contributed by atoms with Crippen LogP contribution in [0.25, 0.3) is 5.57 Å². The van der Waals surface area contributed by atoms with Crippen molar-refractivity contribution in [3.05, 3.63) is 28.0 Å². The Morgan fingerprint density at radius 3 is 2.75 bits per heavy atom. The fourth-order valence-corrected chi connectivity index (χ4v) is 2.78. The fourth-order valence-electron chi connectivity index (χ4n) is 1.56. The van der Waals surface area contributed by atoms with Crippen LogP contribution in [0.5, 0.6) is 0 Å². The lowest BCUT2D eigenvalue weighted by Gasteiger charge is -2.00. The van der Waals surface area contributed by atoms with Crippen molar-refractivity contribution in [1.29, 1.82) is 0 Å². The highest BCUT2D eigenvalue weighted by Gasteiger charge is 2.04. The van der Waals surface area contributed by atoms with E-state index in [1.165, 1.54) is 9.75 Å². The van der Waals surface area contributed by atoms with E-state index in [-0.39, 0.29) is 6.42 Å². The first-order valence-corrected chi connectivity index (χ1v) is 6.48. The molecule has 0 atom stereocenters.